The van der Waals surface area contributed by atoms with Crippen LogP contribution in [-0.4, -0.2) is 27.4 Å². The average Bonchev–Trinajstić information content (AvgIpc) is 3.05. The molecule has 0 bridgehead atoms. The van der Waals surface area contributed by atoms with Crippen LogP contribution in [0.25, 0.3) is 0 Å². The van der Waals surface area contributed by atoms with Gasteiger partial charge in [-0.05, 0) is 128 Å². The highest BCUT2D eigenvalue weighted by Crippen LogP contribution is 2.55. The van der Waals surface area contributed by atoms with E-state index in [4.69, 9.17) is 10.8 Å². The number of ether oxygens (including phenoxy) is 2. The molecule has 6 rings (SSSR count). The predicted molar refractivity (Wildman–Crippen MR) is 208 cm³/mol. The average molecular weight is 708 g/mol. The highest BCUT2D eigenvalue weighted by Gasteiger charge is 2.46. The molecule has 0 unspecified atom stereocenters. The van der Waals surface area contributed by atoms with Crippen LogP contribution in [0.2, 0.25) is 0 Å². The number of quaternary nitrogens is 1. The number of phenolic OH excluding ortho intramolecular Hbond substituents is 1. The Morgan fingerprint density at radius 2 is 1.33 bits per heavy atom. The van der Waals surface area contributed by atoms with Gasteiger partial charge in [-0.2, -0.15) is 0 Å². The highest BCUT2D eigenvalue weighted by atomic mass is 16.5. The lowest BCUT2D eigenvalue weighted by molar-refractivity contribution is -0.271. The third-order valence-electron chi connectivity index (χ3n) is 11.6. The first-order valence-electron chi connectivity index (χ1n) is 19.9. The molecule has 4 aliphatic rings. The number of unbranched alkanes of at least 4 members (excludes halogenated alkanes) is 4. The summed E-state index contributed by atoms with van der Waals surface area (Å²) in [6.45, 7) is 17.2. The smallest absolute Gasteiger partial charge is 0.335 e. The first-order valence-corrected chi connectivity index (χ1v) is 18.9. The molecule has 51 heavy (non-hydrogen) atoms. The number of benzene rings is 2. The number of carboxylic acids is 1. The summed E-state index contributed by atoms with van der Waals surface area (Å²) in [5.41, 5.74) is 5.45. The van der Waals surface area contributed by atoms with Gasteiger partial charge in [0.15, 0.2) is 0 Å². The van der Waals surface area contributed by atoms with Gasteiger partial charge in [-0.25, -0.2) is 4.79 Å². The van der Waals surface area contributed by atoms with E-state index in [-0.39, 0.29) is 46.4 Å². The van der Waals surface area contributed by atoms with Gasteiger partial charge in [0.2, 0.25) is 0 Å². The van der Waals surface area contributed by atoms with Gasteiger partial charge in [-0.1, -0.05) is 76.0 Å². The van der Waals surface area contributed by atoms with Crippen molar-refractivity contribution < 1.29 is 31.0 Å². The van der Waals surface area contributed by atoms with Crippen LogP contribution in [0.3, 0.4) is 0 Å². The lowest BCUT2D eigenvalue weighted by atomic mass is 9.67. The van der Waals surface area contributed by atoms with E-state index in [1.54, 1.807) is 0 Å². The van der Waals surface area contributed by atoms with Crippen molar-refractivity contribution in [2.75, 3.05) is 0 Å². The lowest BCUT2D eigenvalue weighted by Crippen LogP contribution is -2.45. The van der Waals surface area contributed by atoms with Crippen molar-refractivity contribution in [2.45, 2.75) is 163 Å². The Morgan fingerprint density at radius 1 is 0.843 bits per heavy atom. The van der Waals surface area contributed by atoms with Crippen molar-refractivity contribution in [3.63, 3.8) is 0 Å². The maximum Gasteiger partial charge on any atom is 0.335 e. The van der Waals surface area contributed by atoms with Crippen LogP contribution < -0.4 is 20.7 Å². The minimum absolute atomic E-state index is 0. The number of rotatable bonds is 9. The fraction of sp³-hybridized carbons (Fsp3) is 0.614. The van der Waals surface area contributed by atoms with E-state index in [9.17, 15) is 20.1 Å². The van der Waals surface area contributed by atoms with E-state index >= 15 is 0 Å². The Labute approximate surface area is 309 Å². The second-order valence-electron chi connectivity index (χ2n) is 16.2. The Kier molecular flexibility index (Phi) is 13.4. The summed E-state index contributed by atoms with van der Waals surface area (Å²) < 4.78 is 18.4. The van der Waals surface area contributed by atoms with Gasteiger partial charge in [0.1, 0.15) is 28.5 Å². The largest absolute Gasteiger partial charge is 0.872 e. The molecule has 4 atom stereocenters. The van der Waals surface area contributed by atoms with Crippen LogP contribution in [0, 0.1) is 11.8 Å². The topological polar surface area (TPSA) is 136 Å². The molecule has 2 aliphatic carbocycles. The van der Waals surface area contributed by atoms with E-state index in [1.807, 2.05) is 12.1 Å². The number of carboxylic acid groups (broad SMARTS) is 1. The maximum atomic E-state index is 13.2. The quantitative estimate of drug-likeness (QED) is 0.175. The van der Waals surface area contributed by atoms with Crippen LogP contribution >= 0.6 is 0 Å². The molecule has 0 aromatic heterocycles. The maximum absolute atomic E-state index is 13.2. The van der Waals surface area contributed by atoms with Crippen molar-refractivity contribution in [3.8, 4) is 23.0 Å². The molecule has 7 heteroatoms. The van der Waals surface area contributed by atoms with Crippen LogP contribution in [-0.2, 0) is 12.8 Å². The molecule has 2 aromatic carbocycles. The molecular weight excluding hydrogens is 638 g/mol. The van der Waals surface area contributed by atoms with Crippen molar-refractivity contribution in [2.24, 2.45) is 11.8 Å². The molecule has 0 spiro atoms. The zero-order valence-corrected chi connectivity index (χ0v) is 33.2. The SMILES string of the molecule is CCCCCc1cc(O)c2c(c1)OC(C)(C)[C@@H]1CCC(C)=C[C@@H]21.CCCCCc1cc2c(c([O-])c1C(=O)O)[C@@H]1C=C(C)CC[C@H]1C(C)(C)O2.[3H]C.[NH4+]. The molecule has 0 fully saturated rings. The minimum Gasteiger partial charge on any atom is -0.872 e. The van der Waals surface area contributed by atoms with Gasteiger partial charge in [0, 0.05) is 30.6 Å². The zero-order valence-electron chi connectivity index (χ0n) is 34.2. The zero-order chi connectivity index (χ0) is 37.7. The van der Waals surface area contributed by atoms with E-state index in [2.05, 4.69) is 73.6 Å². The number of allylic oxidation sites excluding steroid dienone is 4. The number of carbonyl (C=O) groups is 1. The van der Waals surface area contributed by atoms with Crippen LogP contribution in [0.4, 0.5) is 0 Å². The summed E-state index contributed by atoms with van der Waals surface area (Å²) in [7, 11) is 1.25. The lowest BCUT2D eigenvalue weighted by Gasteiger charge is -2.48. The standard InChI is InChI=1S/C22H30O4.C21H30O2.CH4.H3N/c1-5-6-7-8-14-12-17-19(20(23)18(14)21(24)25)15-11-13(2)9-10-16(15)22(3,4)26-17;1-5-6-7-8-15-12-18(22)20-16-11-14(2)9-10-17(16)21(3,4)23-19(20)13-15;;/h11-12,15-16,23H,5-10H2,1-4H3,(H,24,25);11-13,16-17,22H,5-10H2,1-4H3;1H4;1H3/t15-,16-;16-,17-;;/m11../s1/i;;1T;. The fourth-order valence-corrected chi connectivity index (χ4v) is 8.89. The summed E-state index contributed by atoms with van der Waals surface area (Å²) in [4.78, 5) is 11.9. The van der Waals surface area contributed by atoms with E-state index < -0.39 is 5.97 Å². The van der Waals surface area contributed by atoms with Gasteiger partial charge in [-0.15, -0.1) is 0 Å². The highest BCUT2D eigenvalue weighted by molar-refractivity contribution is 5.93. The number of fused-ring (bicyclic) bond motifs is 6. The molecule has 284 valence electrons. The van der Waals surface area contributed by atoms with Crippen LogP contribution in [0.1, 0.15) is 173 Å². The van der Waals surface area contributed by atoms with E-state index in [1.165, 1.54) is 43.4 Å². The molecule has 7 nitrogen and oxygen atoms in total. The van der Waals surface area contributed by atoms with Crippen LogP contribution in [0.5, 0.6) is 23.0 Å². The molecule has 2 aromatic rings. The van der Waals surface area contributed by atoms with Gasteiger partial charge in [0.25, 0.3) is 0 Å². The summed E-state index contributed by atoms with van der Waals surface area (Å²) >= 11 is 0. The summed E-state index contributed by atoms with van der Waals surface area (Å²) in [6, 6.07) is 5.96. The molecule has 0 amide bonds. The summed E-state index contributed by atoms with van der Waals surface area (Å²) in [5.74, 6) is 1.29. The molecule has 2 heterocycles. The Hall–Kier alpha value is -3.45. The second kappa shape index (κ2) is 16.9. The normalized spacial score (nSPS) is 23.4. The number of aromatic hydroxyl groups is 1. The Balaban J connectivity index is 0.000000264. The third kappa shape index (κ3) is 8.79. The summed E-state index contributed by atoms with van der Waals surface area (Å²) in [5, 5.41) is 33.6. The monoisotopic (exact) mass is 708 g/mol. The molecule has 2 aliphatic heterocycles. The number of hydrogen-bond acceptors (Lipinski definition) is 5. The number of phenols is 1. The van der Waals surface area contributed by atoms with Gasteiger partial charge in [0.05, 0.1) is 5.56 Å². The van der Waals surface area contributed by atoms with Crippen LogP contribution in [0.15, 0.2) is 41.5 Å². The molecule has 0 radical (unpaired) electrons. The Bertz CT molecular complexity index is 1610. The van der Waals surface area contributed by atoms with Crippen molar-refractivity contribution in [1.82, 2.24) is 6.15 Å². The summed E-state index contributed by atoms with van der Waals surface area (Å²) in [6.07, 6.45) is 16.9. The number of aromatic carboxylic acids is 1. The third-order valence-corrected chi connectivity index (χ3v) is 11.6. The molecular formula is C44H67NO6. The molecule has 0 saturated heterocycles. The van der Waals surface area contributed by atoms with Gasteiger partial charge in [-0.3, -0.25) is 0 Å². The fourth-order valence-electron chi connectivity index (χ4n) is 8.89. The Morgan fingerprint density at radius 3 is 1.84 bits per heavy atom. The van der Waals surface area contributed by atoms with Gasteiger partial charge < -0.3 is 30.9 Å². The van der Waals surface area contributed by atoms with Crippen molar-refractivity contribution in [3.05, 3.63) is 69.3 Å². The number of aryl methyl sites for hydroxylation is 2. The van der Waals surface area contributed by atoms with Crippen molar-refractivity contribution >= 4 is 5.97 Å². The van der Waals surface area contributed by atoms with E-state index in [0.29, 0.717) is 35.0 Å². The van der Waals surface area contributed by atoms with E-state index in [0.717, 1.165) is 62.7 Å². The predicted octanol–water partition coefficient (Wildman–Crippen LogP) is 11.6. The molecule has 0 saturated carbocycles. The molecule has 6 N–H and O–H groups in total. The minimum atomic E-state index is -1.12. The second-order valence-corrected chi connectivity index (χ2v) is 16.2. The van der Waals surface area contributed by atoms with Gasteiger partial charge >= 0.3 is 5.97 Å². The van der Waals surface area contributed by atoms with Crippen molar-refractivity contribution in [1.29, 1.82) is 0 Å². The number of hydrogen-bond donors (Lipinski definition) is 3. The first kappa shape index (κ1) is 40.3. The first-order chi connectivity index (χ1) is 24.2.